The van der Waals surface area contributed by atoms with Crippen molar-refractivity contribution in [1.82, 2.24) is 24.9 Å². The smallest absolute Gasteiger partial charge is 0.244 e. The second-order valence-corrected chi connectivity index (χ2v) is 5.14. The van der Waals surface area contributed by atoms with Crippen LogP contribution in [0.15, 0.2) is 30.7 Å². The fourth-order valence-electron chi connectivity index (χ4n) is 2.74. The third-order valence-corrected chi connectivity index (χ3v) is 3.76. The van der Waals surface area contributed by atoms with Crippen LogP contribution in [0.5, 0.6) is 0 Å². The molecule has 0 spiro atoms. The number of pyridine rings is 1. The molecule has 1 unspecified atom stereocenters. The molecule has 1 fully saturated rings. The van der Waals surface area contributed by atoms with Crippen LogP contribution in [0.3, 0.4) is 0 Å². The van der Waals surface area contributed by atoms with Gasteiger partial charge in [0.05, 0.1) is 17.9 Å². The minimum Gasteiger partial charge on any atom is -0.334 e. The molecule has 1 saturated heterocycles. The molecule has 0 aromatic carbocycles. The predicted molar refractivity (Wildman–Crippen MR) is 75.8 cm³/mol. The maximum Gasteiger partial charge on any atom is 0.244 e. The highest BCUT2D eigenvalue weighted by Gasteiger charge is 2.29. The number of nitrogens with two attached hydrogens (primary N) is 1. The van der Waals surface area contributed by atoms with E-state index in [9.17, 15) is 4.79 Å². The summed E-state index contributed by atoms with van der Waals surface area (Å²) in [6.07, 6.45) is 7.25. The van der Waals surface area contributed by atoms with Gasteiger partial charge in [0.1, 0.15) is 6.54 Å². The summed E-state index contributed by atoms with van der Waals surface area (Å²) < 4.78 is 1.55. The third-order valence-electron chi connectivity index (χ3n) is 3.76. The number of amides is 1. The minimum atomic E-state index is 0.0581. The first-order valence-corrected chi connectivity index (χ1v) is 7.06. The number of likely N-dealkylation sites (tertiary alicyclic amines) is 1. The summed E-state index contributed by atoms with van der Waals surface area (Å²) in [6.45, 7) is 1.32. The largest absolute Gasteiger partial charge is 0.334 e. The number of nitrogens with zero attached hydrogens (tertiary/aromatic N) is 5. The Bertz CT molecular complexity index is 611. The molecule has 1 aliphatic heterocycles. The highest BCUT2D eigenvalue weighted by atomic mass is 16.2. The van der Waals surface area contributed by atoms with Gasteiger partial charge in [-0.1, -0.05) is 5.21 Å². The Morgan fingerprint density at radius 3 is 2.90 bits per heavy atom. The average Bonchev–Trinajstić information content (AvgIpc) is 3.17. The van der Waals surface area contributed by atoms with E-state index in [-0.39, 0.29) is 18.5 Å². The highest BCUT2D eigenvalue weighted by Crippen LogP contribution is 2.31. The van der Waals surface area contributed by atoms with Crippen LogP contribution in [0.1, 0.15) is 30.1 Å². The van der Waals surface area contributed by atoms with Crippen molar-refractivity contribution in [3.63, 3.8) is 0 Å². The molecule has 0 radical (unpaired) electrons. The van der Waals surface area contributed by atoms with Crippen LogP contribution >= 0.6 is 0 Å². The second-order valence-electron chi connectivity index (χ2n) is 5.14. The first-order chi connectivity index (χ1) is 10.3. The van der Waals surface area contributed by atoms with Crippen LogP contribution in [0.4, 0.5) is 0 Å². The van der Waals surface area contributed by atoms with Gasteiger partial charge in [-0.3, -0.25) is 9.78 Å². The molecular formula is C14H18N6O. The van der Waals surface area contributed by atoms with Gasteiger partial charge in [0, 0.05) is 25.5 Å². The van der Waals surface area contributed by atoms with Crippen LogP contribution < -0.4 is 5.73 Å². The molecule has 3 rings (SSSR count). The van der Waals surface area contributed by atoms with Crippen LogP contribution in [0.2, 0.25) is 0 Å². The minimum absolute atomic E-state index is 0.0581. The molecule has 7 heteroatoms. The number of rotatable bonds is 4. The van der Waals surface area contributed by atoms with Crippen LogP contribution in [0.25, 0.3) is 0 Å². The van der Waals surface area contributed by atoms with E-state index in [4.69, 9.17) is 5.73 Å². The molecule has 1 atom stereocenters. The Morgan fingerprint density at radius 2 is 2.19 bits per heavy atom. The monoisotopic (exact) mass is 286 g/mol. The Morgan fingerprint density at radius 1 is 1.38 bits per heavy atom. The van der Waals surface area contributed by atoms with Gasteiger partial charge in [0.2, 0.25) is 5.91 Å². The van der Waals surface area contributed by atoms with Crippen LogP contribution in [-0.4, -0.2) is 37.3 Å². The summed E-state index contributed by atoms with van der Waals surface area (Å²) in [5, 5.41) is 7.83. The second kappa shape index (κ2) is 6.01. The number of carbonyl (C=O) groups excluding carboxylic acids is 1. The highest BCUT2D eigenvalue weighted by molar-refractivity contribution is 5.76. The molecule has 2 N–H and O–H groups in total. The molecular weight excluding hydrogens is 268 g/mol. The van der Waals surface area contributed by atoms with E-state index >= 15 is 0 Å². The van der Waals surface area contributed by atoms with Gasteiger partial charge in [-0.25, -0.2) is 4.68 Å². The maximum absolute atomic E-state index is 12.5. The standard InChI is InChI=1S/C14H18N6O/c15-8-12-9-19(18-17-12)10-14(21)20-7-1-2-13(20)11-3-5-16-6-4-11/h3-6,9,13H,1-2,7-8,10,15H2. The molecule has 0 bridgehead atoms. The van der Waals surface area contributed by atoms with E-state index in [1.165, 1.54) is 0 Å². The van der Waals surface area contributed by atoms with E-state index in [2.05, 4.69) is 15.3 Å². The van der Waals surface area contributed by atoms with Crippen molar-refractivity contribution in [3.05, 3.63) is 42.0 Å². The molecule has 0 aliphatic carbocycles. The summed E-state index contributed by atoms with van der Waals surface area (Å²) in [6, 6.07) is 4.08. The molecule has 0 saturated carbocycles. The predicted octanol–water partition coefficient (Wildman–Crippen LogP) is 0.495. The summed E-state index contributed by atoms with van der Waals surface area (Å²) in [5.74, 6) is 0.0581. The van der Waals surface area contributed by atoms with Gasteiger partial charge in [0.25, 0.3) is 0 Å². The number of carbonyl (C=O) groups is 1. The fraction of sp³-hybridized carbons (Fsp3) is 0.429. The van der Waals surface area contributed by atoms with E-state index in [1.54, 1.807) is 23.3 Å². The Hall–Kier alpha value is -2.28. The Kier molecular flexibility index (Phi) is 3.92. The number of aromatic nitrogens is 4. The molecule has 7 nitrogen and oxygen atoms in total. The lowest BCUT2D eigenvalue weighted by Crippen LogP contribution is -2.33. The first kappa shape index (κ1) is 13.7. The summed E-state index contributed by atoms with van der Waals surface area (Å²) >= 11 is 0. The van der Waals surface area contributed by atoms with E-state index < -0.39 is 0 Å². The Balaban J connectivity index is 1.71. The van der Waals surface area contributed by atoms with E-state index in [1.807, 2.05) is 17.0 Å². The third kappa shape index (κ3) is 2.92. The van der Waals surface area contributed by atoms with Gasteiger partial charge in [-0.05, 0) is 30.5 Å². The normalized spacial score (nSPS) is 18.1. The lowest BCUT2D eigenvalue weighted by atomic mass is 10.1. The van der Waals surface area contributed by atoms with Gasteiger partial charge in [-0.2, -0.15) is 0 Å². The summed E-state index contributed by atoms with van der Waals surface area (Å²) in [5.41, 5.74) is 7.32. The Labute approximate surface area is 122 Å². The molecule has 110 valence electrons. The molecule has 21 heavy (non-hydrogen) atoms. The lowest BCUT2D eigenvalue weighted by molar-refractivity contribution is -0.133. The zero-order valence-electron chi connectivity index (χ0n) is 11.7. The summed E-state index contributed by atoms with van der Waals surface area (Å²) in [4.78, 5) is 18.4. The SMILES string of the molecule is NCc1cn(CC(=O)N2CCCC2c2ccncc2)nn1. The van der Waals surface area contributed by atoms with Crippen molar-refractivity contribution in [2.45, 2.75) is 32.0 Å². The summed E-state index contributed by atoms with van der Waals surface area (Å²) in [7, 11) is 0. The lowest BCUT2D eigenvalue weighted by Gasteiger charge is -2.24. The maximum atomic E-state index is 12.5. The van der Waals surface area contributed by atoms with E-state index in [0.717, 1.165) is 24.9 Å². The zero-order chi connectivity index (χ0) is 14.7. The fourth-order valence-corrected chi connectivity index (χ4v) is 2.74. The van der Waals surface area contributed by atoms with Gasteiger partial charge in [-0.15, -0.1) is 5.10 Å². The van der Waals surface area contributed by atoms with Crippen molar-refractivity contribution in [2.24, 2.45) is 5.73 Å². The van der Waals surface area contributed by atoms with Crippen molar-refractivity contribution < 1.29 is 4.79 Å². The van der Waals surface area contributed by atoms with Crippen molar-refractivity contribution >= 4 is 5.91 Å². The first-order valence-electron chi connectivity index (χ1n) is 7.06. The van der Waals surface area contributed by atoms with Gasteiger partial charge < -0.3 is 10.6 Å². The average molecular weight is 286 g/mol. The van der Waals surface area contributed by atoms with Crippen molar-refractivity contribution in [1.29, 1.82) is 0 Å². The van der Waals surface area contributed by atoms with Gasteiger partial charge in [0.15, 0.2) is 0 Å². The van der Waals surface area contributed by atoms with Crippen LogP contribution in [-0.2, 0) is 17.9 Å². The van der Waals surface area contributed by atoms with Gasteiger partial charge >= 0.3 is 0 Å². The van der Waals surface area contributed by atoms with Crippen molar-refractivity contribution in [3.8, 4) is 0 Å². The molecule has 2 aromatic heterocycles. The molecule has 1 amide bonds. The molecule has 3 heterocycles. The number of hydrogen-bond donors (Lipinski definition) is 1. The quantitative estimate of drug-likeness (QED) is 0.883. The molecule has 1 aliphatic rings. The number of hydrogen-bond acceptors (Lipinski definition) is 5. The van der Waals surface area contributed by atoms with Crippen molar-refractivity contribution in [2.75, 3.05) is 6.54 Å². The molecule has 2 aromatic rings. The van der Waals surface area contributed by atoms with E-state index in [0.29, 0.717) is 12.2 Å². The topological polar surface area (TPSA) is 89.9 Å². The zero-order valence-corrected chi connectivity index (χ0v) is 11.7. The van der Waals surface area contributed by atoms with Crippen LogP contribution in [0, 0.1) is 0 Å².